The van der Waals surface area contributed by atoms with Crippen molar-refractivity contribution in [2.24, 2.45) is 11.1 Å². The van der Waals surface area contributed by atoms with Crippen LogP contribution in [-0.4, -0.2) is 24.0 Å². The molecular formula is C10H22N4O. The number of amidine groups is 1. The normalized spacial score (nSPS) is 12.1. The number of urea groups is 1. The van der Waals surface area contributed by atoms with Gasteiger partial charge >= 0.3 is 6.03 Å². The standard InChI is InChI=1S/C10H22N4O/c1-9(2,3)14-8(15)13-6-10(4,5)7(11)12/h6H2,1-5H3,(H3,11,12)(H2,13,14,15). The highest BCUT2D eigenvalue weighted by Crippen LogP contribution is 2.12. The summed E-state index contributed by atoms with van der Waals surface area (Å²) >= 11 is 0. The van der Waals surface area contributed by atoms with Crippen LogP contribution in [0.3, 0.4) is 0 Å². The molecular weight excluding hydrogens is 192 g/mol. The van der Waals surface area contributed by atoms with E-state index in [2.05, 4.69) is 10.6 Å². The maximum atomic E-state index is 11.4. The van der Waals surface area contributed by atoms with E-state index >= 15 is 0 Å². The van der Waals surface area contributed by atoms with Gasteiger partial charge in [-0.1, -0.05) is 13.8 Å². The van der Waals surface area contributed by atoms with Crippen LogP contribution in [0, 0.1) is 10.8 Å². The third-order valence-corrected chi connectivity index (χ3v) is 1.91. The summed E-state index contributed by atoms with van der Waals surface area (Å²) in [6, 6.07) is -0.239. The highest BCUT2D eigenvalue weighted by molar-refractivity contribution is 5.84. The number of nitrogens with one attached hydrogen (secondary N) is 3. The van der Waals surface area contributed by atoms with Crippen LogP contribution >= 0.6 is 0 Å². The summed E-state index contributed by atoms with van der Waals surface area (Å²) in [7, 11) is 0. The molecule has 2 amide bonds. The van der Waals surface area contributed by atoms with Crippen LogP contribution in [0.15, 0.2) is 0 Å². The zero-order chi connectivity index (χ0) is 12.3. The van der Waals surface area contributed by atoms with Gasteiger partial charge < -0.3 is 16.4 Å². The molecule has 5 nitrogen and oxygen atoms in total. The fourth-order valence-corrected chi connectivity index (χ4v) is 0.781. The molecule has 0 radical (unpaired) electrons. The van der Waals surface area contributed by atoms with Crippen LogP contribution in [0.1, 0.15) is 34.6 Å². The van der Waals surface area contributed by atoms with Crippen LogP contribution in [0.2, 0.25) is 0 Å². The van der Waals surface area contributed by atoms with Crippen molar-refractivity contribution in [2.45, 2.75) is 40.2 Å². The van der Waals surface area contributed by atoms with Crippen LogP contribution in [0.4, 0.5) is 4.79 Å². The van der Waals surface area contributed by atoms with E-state index in [0.29, 0.717) is 6.54 Å². The molecule has 0 unspecified atom stereocenters. The molecule has 0 saturated heterocycles. The lowest BCUT2D eigenvalue weighted by Crippen LogP contribution is -2.50. The van der Waals surface area contributed by atoms with Gasteiger partial charge in [-0.3, -0.25) is 5.41 Å². The summed E-state index contributed by atoms with van der Waals surface area (Å²) in [5.74, 6) is 0.0681. The topological polar surface area (TPSA) is 91.0 Å². The lowest BCUT2D eigenvalue weighted by Gasteiger charge is -2.25. The second-order valence-corrected chi connectivity index (χ2v) is 5.36. The molecule has 0 rings (SSSR count). The number of amides is 2. The first-order valence-corrected chi connectivity index (χ1v) is 4.95. The molecule has 0 aromatic heterocycles. The summed E-state index contributed by atoms with van der Waals surface area (Å²) in [5.41, 5.74) is 4.63. The number of carbonyl (C=O) groups is 1. The summed E-state index contributed by atoms with van der Waals surface area (Å²) in [6.45, 7) is 9.69. The zero-order valence-electron chi connectivity index (χ0n) is 10.2. The molecule has 0 aliphatic heterocycles. The largest absolute Gasteiger partial charge is 0.387 e. The Labute approximate surface area is 91.3 Å². The first kappa shape index (κ1) is 13.7. The predicted molar refractivity (Wildman–Crippen MR) is 62.0 cm³/mol. The maximum Gasteiger partial charge on any atom is 0.315 e. The molecule has 0 spiro atoms. The van der Waals surface area contributed by atoms with Gasteiger partial charge in [-0.25, -0.2) is 4.79 Å². The number of hydrogen-bond donors (Lipinski definition) is 4. The average molecular weight is 214 g/mol. The van der Waals surface area contributed by atoms with Crippen molar-refractivity contribution in [3.8, 4) is 0 Å². The minimum atomic E-state index is -0.505. The smallest absolute Gasteiger partial charge is 0.315 e. The quantitative estimate of drug-likeness (QED) is 0.417. The molecule has 0 aromatic carbocycles. The van der Waals surface area contributed by atoms with Crippen molar-refractivity contribution in [1.29, 1.82) is 5.41 Å². The average Bonchev–Trinajstić information content (AvgIpc) is 1.97. The van der Waals surface area contributed by atoms with E-state index in [0.717, 1.165) is 0 Å². The van der Waals surface area contributed by atoms with Crippen molar-refractivity contribution in [3.05, 3.63) is 0 Å². The molecule has 0 aromatic rings. The minimum absolute atomic E-state index is 0.0681. The minimum Gasteiger partial charge on any atom is -0.387 e. The van der Waals surface area contributed by atoms with Crippen molar-refractivity contribution < 1.29 is 4.79 Å². The van der Waals surface area contributed by atoms with Gasteiger partial charge in [0.25, 0.3) is 0 Å². The summed E-state index contributed by atoms with van der Waals surface area (Å²) in [5, 5.41) is 12.8. The maximum absolute atomic E-state index is 11.4. The van der Waals surface area contributed by atoms with Gasteiger partial charge in [-0.2, -0.15) is 0 Å². The second-order valence-electron chi connectivity index (χ2n) is 5.36. The van der Waals surface area contributed by atoms with Gasteiger partial charge in [0.15, 0.2) is 0 Å². The number of rotatable bonds is 3. The Morgan fingerprint density at radius 1 is 1.27 bits per heavy atom. The molecule has 0 bridgehead atoms. The first-order chi connectivity index (χ1) is 6.54. The van der Waals surface area contributed by atoms with Gasteiger partial charge in [0.2, 0.25) is 0 Å². The van der Waals surface area contributed by atoms with E-state index < -0.39 is 5.41 Å². The van der Waals surface area contributed by atoms with E-state index in [-0.39, 0.29) is 17.4 Å². The Hall–Kier alpha value is -1.26. The van der Waals surface area contributed by atoms with Gasteiger partial charge in [0.05, 0.1) is 5.84 Å². The Morgan fingerprint density at radius 3 is 2.07 bits per heavy atom. The van der Waals surface area contributed by atoms with Crippen molar-refractivity contribution >= 4 is 11.9 Å². The SMILES string of the molecule is CC(C)(C)NC(=O)NCC(C)(C)C(=N)N. The van der Waals surface area contributed by atoms with Gasteiger partial charge in [-0.05, 0) is 20.8 Å². The van der Waals surface area contributed by atoms with Crippen molar-refractivity contribution in [1.82, 2.24) is 10.6 Å². The van der Waals surface area contributed by atoms with E-state index in [1.807, 2.05) is 34.6 Å². The third kappa shape index (κ3) is 5.93. The molecule has 0 aliphatic carbocycles. The highest BCUT2D eigenvalue weighted by atomic mass is 16.2. The van der Waals surface area contributed by atoms with E-state index in [9.17, 15) is 4.79 Å². The molecule has 0 heterocycles. The molecule has 5 N–H and O–H groups in total. The van der Waals surface area contributed by atoms with E-state index in [1.165, 1.54) is 0 Å². The van der Waals surface area contributed by atoms with Crippen LogP contribution in [0.25, 0.3) is 0 Å². The Morgan fingerprint density at radius 2 is 1.73 bits per heavy atom. The zero-order valence-corrected chi connectivity index (χ0v) is 10.2. The van der Waals surface area contributed by atoms with Crippen molar-refractivity contribution in [3.63, 3.8) is 0 Å². The van der Waals surface area contributed by atoms with Crippen molar-refractivity contribution in [2.75, 3.05) is 6.54 Å². The number of hydrogen-bond acceptors (Lipinski definition) is 2. The third-order valence-electron chi connectivity index (χ3n) is 1.91. The predicted octanol–water partition coefficient (Wildman–Crippen LogP) is 1.05. The van der Waals surface area contributed by atoms with E-state index in [1.54, 1.807) is 0 Å². The fraction of sp³-hybridized carbons (Fsp3) is 0.800. The lowest BCUT2D eigenvalue weighted by molar-refractivity contribution is 0.229. The van der Waals surface area contributed by atoms with Gasteiger partial charge in [0, 0.05) is 17.5 Å². The van der Waals surface area contributed by atoms with Crippen LogP contribution in [-0.2, 0) is 0 Å². The highest BCUT2D eigenvalue weighted by Gasteiger charge is 2.23. The Kier molecular flexibility index (Phi) is 4.13. The molecule has 5 heteroatoms. The Bertz CT molecular complexity index is 253. The summed E-state index contributed by atoms with van der Waals surface area (Å²) < 4.78 is 0. The lowest BCUT2D eigenvalue weighted by atomic mass is 9.92. The molecule has 0 aliphatic rings. The number of carbonyl (C=O) groups excluding carboxylic acids is 1. The second kappa shape index (κ2) is 4.51. The van der Waals surface area contributed by atoms with E-state index in [4.69, 9.17) is 11.1 Å². The molecule has 88 valence electrons. The summed E-state index contributed by atoms with van der Waals surface area (Å²) in [6.07, 6.45) is 0. The Balaban J connectivity index is 4.07. The van der Waals surface area contributed by atoms with Gasteiger partial charge in [-0.15, -0.1) is 0 Å². The monoisotopic (exact) mass is 214 g/mol. The molecule has 0 fully saturated rings. The molecule has 0 saturated carbocycles. The summed E-state index contributed by atoms with van der Waals surface area (Å²) in [4.78, 5) is 11.4. The van der Waals surface area contributed by atoms with Crippen LogP contribution < -0.4 is 16.4 Å². The molecule has 15 heavy (non-hydrogen) atoms. The number of nitrogens with two attached hydrogens (primary N) is 1. The van der Waals surface area contributed by atoms with Crippen LogP contribution in [0.5, 0.6) is 0 Å². The van der Waals surface area contributed by atoms with Gasteiger partial charge in [0.1, 0.15) is 0 Å². The first-order valence-electron chi connectivity index (χ1n) is 4.95. The fourth-order valence-electron chi connectivity index (χ4n) is 0.781. The molecule has 0 atom stereocenters.